The minimum Gasteiger partial charge on any atom is -0.486 e. The van der Waals surface area contributed by atoms with Crippen molar-refractivity contribution >= 4 is 49.9 Å². The zero-order valence-corrected chi connectivity index (χ0v) is 16.5. The van der Waals surface area contributed by atoms with E-state index in [1.54, 1.807) is 18.2 Å². The lowest BCUT2D eigenvalue weighted by Crippen LogP contribution is -2.15. The van der Waals surface area contributed by atoms with E-state index < -0.39 is 0 Å². The fourth-order valence-corrected chi connectivity index (χ4v) is 3.78. The molecule has 8 heteroatoms. The van der Waals surface area contributed by atoms with Crippen LogP contribution >= 0.6 is 38.9 Å². The number of benzene rings is 2. The van der Waals surface area contributed by atoms with Gasteiger partial charge in [-0.05, 0) is 36.4 Å². The van der Waals surface area contributed by atoms with E-state index in [9.17, 15) is 4.79 Å². The first-order chi connectivity index (χ1) is 12.6. The van der Waals surface area contributed by atoms with Gasteiger partial charge in [0.05, 0.1) is 16.3 Å². The van der Waals surface area contributed by atoms with Gasteiger partial charge in [0.25, 0.3) is 5.91 Å². The molecule has 0 fully saturated rings. The maximum absolute atomic E-state index is 12.4. The maximum Gasteiger partial charge on any atom is 0.258 e. The van der Waals surface area contributed by atoms with E-state index in [-0.39, 0.29) is 5.91 Å². The van der Waals surface area contributed by atoms with Crippen molar-refractivity contribution in [2.24, 2.45) is 0 Å². The van der Waals surface area contributed by atoms with Gasteiger partial charge in [0, 0.05) is 15.4 Å². The highest BCUT2D eigenvalue weighted by atomic mass is 79.9. The summed E-state index contributed by atoms with van der Waals surface area (Å²) < 4.78 is 11.9. The van der Waals surface area contributed by atoms with Crippen LogP contribution in [0.3, 0.4) is 0 Å². The molecule has 0 aliphatic carbocycles. The quantitative estimate of drug-likeness (QED) is 0.591. The first-order valence-corrected chi connectivity index (χ1v) is 9.77. The summed E-state index contributed by atoms with van der Waals surface area (Å²) in [4.78, 5) is 16.9. The Morgan fingerprint density at radius 2 is 1.96 bits per heavy atom. The smallest absolute Gasteiger partial charge is 0.258 e. The Balaban J connectivity index is 1.55. The summed E-state index contributed by atoms with van der Waals surface area (Å²) in [7, 11) is 0. The first-order valence-electron chi connectivity index (χ1n) is 7.72. The summed E-state index contributed by atoms with van der Waals surface area (Å²) in [6, 6.07) is 10.8. The van der Waals surface area contributed by atoms with Crippen LogP contribution in [0.4, 0.5) is 5.13 Å². The standard InChI is InChI=1S/C18H12BrClN2O3S/c19-11-2-3-13(20)12(8-11)17(23)22-18-21-14(9-26-18)10-1-4-15-16(7-10)25-6-5-24-15/h1-4,7-9H,5-6H2,(H,21,22,23). The second-order valence-electron chi connectivity index (χ2n) is 5.47. The van der Waals surface area contributed by atoms with Gasteiger partial charge in [-0.3, -0.25) is 10.1 Å². The van der Waals surface area contributed by atoms with Crippen molar-refractivity contribution in [3.63, 3.8) is 0 Å². The lowest BCUT2D eigenvalue weighted by Gasteiger charge is -2.18. The van der Waals surface area contributed by atoms with E-state index in [0.29, 0.717) is 34.7 Å². The monoisotopic (exact) mass is 450 g/mol. The molecule has 1 aliphatic heterocycles. The number of fused-ring (bicyclic) bond motifs is 1. The molecule has 26 heavy (non-hydrogen) atoms. The third-order valence-corrected chi connectivity index (χ3v) is 5.32. The molecule has 3 aromatic rings. The first kappa shape index (κ1) is 17.3. The Morgan fingerprint density at radius 1 is 1.15 bits per heavy atom. The molecule has 2 aromatic carbocycles. The molecule has 1 N–H and O–H groups in total. The number of nitrogens with one attached hydrogen (secondary N) is 1. The third kappa shape index (κ3) is 3.56. The van der Waals surface area contributed by atoms with Gasteiger partial charge < -0.3 is 9.47 Å². The molecule has 4 rings (SSSR count). The minimum absolute atomic E-state index is 0.306. The number of ether oxygens (including phenoxy) is 2. The zero-order chi connectivity index (χ0) is 18.1. The fourth-order valence-electron chi connectivity index (χ4n) is 2.50. The molecule has 0 spiro atoms. The summed E-state index contributed by atoms with van der Waals surface area (Å²) in [5, 5.41) is 5.54. The predicted molar refractivity (Wildman–Crippen MR) is 106 cm³/mol. The molecule has 0 bridgehead atoms. The molecule has 0 saturated carbocycles. The number of hydrogen-bond donors (Lipinski definition) is 1. The average molecular weight is 452 g/mol. The van der Waals surface area contributed by atoms with E-state index in [1.807, 2.05) is 23.6 Å². The van der Waals surface area contributed by atoms with Crippen molar-refractivity contribution in [1.29, 1.82) is 0 Å². The number of thiazole rings is 1. The lowest BCUT2D eigenvalue weighted by atomic mass is 10.1. The average Bonchev–Trinajstić information content (AvgIpc) is 3.11. The lowest BCUT2D eigenvalue weighted by molar-refractivity contribution is 0.102. The molecule has 0 saturated heterocycles. The number of aromatic nitrogens is 1. The normalized spacial score (nSPS) is 12.7. The van der Waals surface area contributed by atoms with Crippen molar-refractivity contribution in [3.8, 4) is 22.8 Å². The van der Waals surface area contributed by atoms with E-state index in [1.165, 1.54) is 11.3 Å². The molecular weight excluding hydrogens is 440 g/mol. The minimum atomic E-state index is -0.306. The highest BCUT2D eigenvalue weighted by Gasteiger charge is 2.16. The van der Waals surface area contributed by atoms with Crippen LogP contribution in [0, 0.1) is 0 Å². The Morgan fingerprint density at radius 3 is 2.81 bits per heavy atom. The summed E-state index contributed by atoms with van der Waals surface area (Å²) in [6.07, 6.45) is 0. The molecule has 0 radical (unpaired) electrons. The van der Waals surface area contributed by atoms with Crippen LogP contribution in [0.2, 0.25) is 5.02 Å². The van der Waals surface area contributed by atoms with E-state index in [2.05, 4.69) is 26.2 Å². The molecule has 0 atom stereocenters. The van der Waals surface area contributed by atoms with Crippen LogP contribution in [0.25, 0.3) is 11.3 Å². The van der Waals surface area contributed by atoms with Crippen LogP contribution in [0.5, 0.6) is 11.5 Å². The van der Waals surface area contributed by atoms with Gasteiger partial charge in [-0.25, -0.2) is 4.98 Å². The predicted octanol–water partition coefficient (Wildman–Crippen LogP) is 5.25. The number of anilines is 1. The third-order valence-electron chi connectivity index (χ3n) is 3.74. The summed E-state index contributed by atoms with van der Waals surface area (Å²) >= 11 is 10.8. The second kappa shape index (κ2) is 7.26. The van der Waals surface area contributed by atoms with Gasteiger partial charge in [-0.2, -0.15) is 0 Å². The van der Waals surface area contributed by atoms with Crippen molar-refractivity contribution in [2.45, 2.75) is 0 Å². The molecule has 1 aliphatic rings. The van der Waals surface area contributed by atoms with Gasteiger partial charge in [0.2, 0.25) is 0 Å². The van der Waals surface area contributed by atoms with Crippen molar-refractivity contribution in [1.82, 2.24) is 4.98 Å². The van der Waals surface area contributed by atoms with Gasteiger partial charge in [-0.15, -0.1) is 11.3 Å². The van der Waals surface area contributed by atoms with Crippen LogP contribution in [-0.4, -0.2) is 24.1 Å². The van der Waals surface area contributed by atoms with E-state index >= 15 is 0 Å². The van der Waals surface area contributed by atoms with Crippen LogP contribution < -0.4 is 14.8 Å². The number of hydrogen-bond acceptors (Lipinski definition) is 5. The van der Waals surface area contributed by atoms with Gasteiger partial charge in [0.15, 0.2) is 16.6 Å². The second-order valence-corrected chi connectivity index (χ2v) is 7.66. The van der Waals surface area contributed by atoms with Crippen molar-refractivity contribution in [3.05, 3.63) is 56.8 Å². The van der Waals surface area contributed by atoms with Crippen LogP contribution in [0.1, 0.15) is 10.4 Å². The Bertz CT molecular complexity index is 992. The van der Waals surface area contributed by atoms with Gasteiger partial charge in [-0.1, -0.05) is 27.5 Å². The largest absolute Gasteiger partial charge is 0.486 e. The molecule has 5 nitrogen and oxygen atoms in total. The van der Waals surface area contributed by atoms with Crippen molar-refractivity contribution in [2.75, 3.05) is 18.5 Å². The molecule has 1 amide bonds. The summed E-state index contributed by atoms with van der Waals surface area (Å²) in [6.45, 7) is 1.08. The Hall–Kier alpha value is -2.09. The molecule has 0 unspecified atom stereocenters. The number of amides is 1. The number of rotatable bonds is 3. The molecule has 2 heterocycles. The highest BCUT2D eigenvalue weighted by molar-refractivity contribution is 9.10. The maximum atomic E-state index is 12.4. The number of carbonyl (C=O) groups is 1. The molecule has 132 valence electrons. The Kier molecular flexibility index (Phi) is 4.84. The number of halogens is 2. The van der Waals surface area contributed by atoms with Crippen molar-refractivity contribution < 1.29 is 14.3 Å². The highest BCUT2D eigenvalue weighted by Crippen LogP contribution is 2.35. The SMILES string of the molecule is O=C(Nc1nc(-c2ccc3c(c2)OCCO3)cs1)c1cc(Br)ccc1Cl. The van der Waals surface area contributed by atoms with Gasteiger partial charge in [0.1, 0.15) is 13.2 Å². The molecular formula is C18H12BrClN2O3S. The number of nitrogens with zero attached hydrogens (tertiary/aromatic N) is 1. The van der Waals surface area contributed by atoms with Crippen LogP contribution in [0.15, 0.2) is 46.3 Å². The van der Waals surface area contributed by atoms with E-state index in [0.717, 1.165) is 21.5 Å². The van der Waals surface area contributed by atoms with Gasteiger partial charge >= 0.3 is 0 Å². The number of carbonyl (C=O) groups excluding carboxylic acids is 1. The Labute approximate surface area is 167 Å². The molecule has 1 aromatic heterocycles. The van der Waals surface area contributed by atoms with Crippen LogP contribution in [-0.2, 0) is 0 Å². The fraction of sp³-hybridized carbons (Fsp3) is 0.111. The summed E-state index contributed by atoms with van der Waals surface area (Å²) in [5.41, 5.74) is 2.03. The summed E-state index contributed by atoms with van der Waals surface area (Å²) in [5.74, 6) is 1.13. The zero-order valence-electron chi connectivity index (χ0n) is 13.3. The topological polar surface area (TPSA) is 60.5 Å². The van der Waals surface area contributed by atoms with E-state index in [4.69, 9.17) is 21.1 Å².